The molecule has 1 aliphatic carbocycles. The van der Waals surface area contributed by atoms with E-state index >= 15 is 0 Å². The molecule has 0 aliphatic heterocycles. The zero-order chi connectivity index (χ0) is 14.7. The Bertz CT molecular complexity index is 627. The van der Waals surface area contributed by atoms with Crippen molar-refractivity contribution in [2.75, 3.05) is 5.32 Å². The highest BCUT2D eigenvalue weighted by molar-refractivity contribution is 6.31. The van der Waals surface area contributed by atoms with Crippen LogP contribution in [0.3, 0.4) is 0 Å². The van der Waals surface area contributed by atoms with Gasteiger partial charge in [0.25, 0.3) is 0 Å². The first-order chi connectivity index (χ1) is 10.3. The van der Waals surface area contributed by atoms with Crippen LogP contribution in [0.5, 0.6) is 0 Å². The molecule has 0 amide bonds. The van der Waals surface area contributed by atoms with E-state index in [2.05, 4.69) is 28.3 Å². The van der Waals surface area contributed by atoms with E-state index in [0.29, 0.717) is 0 Å². The summed E-state index contributed by atoms with van der Waals surface area (Å²) in [5.41, 5.74) is 3.59. The maximum Gasteiger partial charge on any atom is 0.133 e. The van der Waals surface area contributed by atoms with Crippen LogP contribution < -0.4 is 5.32 Å². The van der Waals surface area contributed by atoms with Gasteiger partial charge in [0.1, 0.15) is 12.1 Å². The number of aryl methyl sites for hydroxylation is 1. The molecule has 4 heteroatoms. The smallest absolute Gasteiger partial charge is 0.133 e. The predicted molar refractivity (Wildman–Crippen MR) is 86.8 cm³/mol. The summed E-state index contributed by atoms with van der Waals surface area (Å²) in [5, 5.41) is 4.31. The summed E-state index contributed by atoms with van der Waals surface area (Å²) < 4.78 is 0. The first-order valence-corrected chi connectivity index (χ1v) is 7.97. The van der Waals surface area contributed by atoms with Crippen LogP contribution in [0.1, 0.15) is 49.0 Å². The van der Waals surface area contributed by atoms with E-state index in [4.69, 9.17) is 11.6 Å². The molecule has 0 spiro atoms. The van der Waals surface area contributed by atoms with Gasteiger partial charge in [-0.15, -0.1) is 0 Å². The Balaban J connectivity index is 1.87. The molecule has 1 aromatic heterocycles. The van der Waals surface area contributed by atoms with Crippen LogP contribution >= 0.6 is 11.6 Å². The van der Waals surface area contributed by atoms with Crippen LogP contribution in [0.2, 0.25) is 5.02 Å². The van der Waals surface area contributed by atoms with Crippen LogP contribution in [0.15, 0.2) is 30.6 Å². The van der Waals surface area contributed by atoms with Crippen molar-refractivity contribution >= 4 is 17.4 Å². The van der Waals surface area contributed by atoms with Crippen molar-refractivity contribution in [3.8, 4) is 0 Å². The second-order valence-electron chi connectivity index (χ2n) is 5.60. The molecule has 3 rings (SSSR count). The standard InChI is InChI=1S/C17H20ClN3/c1-12(13-7-5-6-9-15(13)18)21-17-14-8-3-2-4-10-16(14)19-11-20-17/h5-7,9,11-12H,2-4,8,10H2,1H3,(H,19,20,21). The molecule has 21 heavy (non-hydrogen) atoms. The highest BCUT2D eigenvalue weighted by atomic mass is 35.5. The molecular formula is C17H20ClN3. The summed E-state index contributed by atoms with van der Waals surface area (Å²) in [6.45, 7) is 2.12. The Morgan fingerprint density at radius 1 is 1.10 bits per heavy atom. The summed E-state index contributed by atoms with van der Waals surface area (Å²) in [4.78, 5) is 8.92. The number of anilines is 1. The van der Waals surface area contributed by atoms with Crippen molar-refractivity contribution in [1.82, 2.24) is 9.97 Å². The van der Waals surface area contributed by atoms with Gasteiger partial charge in [0.05, 0.1) is 6.04 Å². The lowest BCUT2D eigenvalue weighted by Gasteiger charge is -2.19. The third-order valence-corrected chi connectivity index (χ3v) is 4.44. The van der Waals surface area contributed by atoms with E-state index in [1.54, 1.807) is 6.33 Å². The molecule has 0 radical (unpaired) electrons. The number of nitrogens with zero attached hydrogens (tertiary/aromatic N) is 2. The first kappa shape index (κ1) is 14.3. The lowest BCUT2D eigenvalue weighted by molar-refractivity contribution is 0.708. The molecule has 2 aromatic rings. The van der Waals surface area contributed by atoms with Crippen LogP contribution in [-0.2, 0) is 12.8 Å². The van der Waals surface area contributed by atoms with Gasteiger partial charge >= 0.3 is 0 Å². The summed E-state index contributed by atoms with van der Waals surface area (Å²) in [6, 6.07) is 8.07. The van der Waals surface area contributed by atoms with Crippen molar-refractivity contribution in [3.05, 3.63) is 52.4 Å². The van der Waals surface area contributed by atoms with Crippen LogP contribution in [0, 0.1) is 0 Å². The second kappa shape index (κ2) is 6.44. The zero-order valence-electron chi connectivity index (χ0n) is 12.3. The lowest BCUT2D eigenvalue weighted by atomic mass is 10.1. The van der Waals surface area contributed by atoms with Crippen LogP contribution in [0.25, 0.3) is 0 Å². The zero-order valence-corrected chi connectivity index (χ0v) is 13.0. The predicted octanol–water partition coefficient (Wildman–Crippen LogP) is 4.57. The van der Waals surface area contributed by atoms with Gasteiger partial charge in [0, 0.05) is 16.3 Å². The summed E-state index contributed by atoms with van der Waals surface area (Å²) in [5.74, 6) is 0.967. The average Bonchev–Trinajstić information content (AvgIpc) is 2.73. The molecule has 1 heterocycles. The Morgan fingerprint density at radius 2 is 1.90 bits per heavy atom. The molecule has 1 unspecified atom stereocenters. The molecular weight excluding hydrogens is 282 g/mol. The van der Waals surface area contributed by atoms with E-state index in [9.17, 15) is 0 Å². The van der Waals surface area contributed by atoms with E-state index < -0.39 is 0 Å². The minimum Gasteiger partial charge on any atom is -0.363 e. The monoisotopic (exact) mass is 301 g/mol. The molecule has 1 N–H and O–H groups in total. The highest BCUT2D eigenvalue weighted by Crippen LogP contribution is 2.29. The Labute approximate surface area is 130 Å². The van der Waals surface area contributed by atoms with E-state index in [1.165, 1.54) is 30.5 Å². The fraction of sp³-hybridized carbons (Fsp3) is 0.412. The summed E-state index contributed by atoms with van der Waals surface area (Å²) in [7, 11) is 0. The number of hydrogen-bond acceptors (Lipinski definition) is 3. The maximum atomic E-state index is 6.28. The van der Waals surface area contributed by atoms with Gasteiger partial charge < -0.3 is 5.32 Å². The number of aromatic nitrogens is 2. The Hall–Kier alpha value is -1.61. The SMILES string of the molecule is CC(Nc1ncnc2c1CCCCC2)c1ccccc1Cl. The second-order valence-corrected chi connectivity index (χ2v) is 6.00. The quantitative estimate of drug-likeness (QED) is 0.844. The minimum atomic E-state index is 0.126. The van der Waals surface area contributed by atoms with Gasteiger partial charge in [-0.1, -0.05) is 36.2 Å². The Morgan fingerprint density at radius 3 is 2.76 bits per heavy atom. The molecule has 1 aliphatic rings. The van der Waals surface area contributed by atoms with Crippen LogP contribution in [-0.4, -0.2) is 9.97 Å². The number of halogens is 1. The fourth-order valence-corrected chi connectivity index (χ4v) is 3.23. The number of rotatable bonds is 3. The van der Waals surface area contributed by atoms with E-state index in [1.807, 2.05) is 18.2 Å². The summed E-state index contributed by atoms with van der Waals surface area (Å²) >= 11 is 6.28. The molecule has 0 fully saturated rings. The van der Waals surface area contributed by atoms with Crippen LogP contribution in [0.4, 0.5) is 5.82 Å². The van der Waals surface area contributed by atoms with Gasteiger partial charge in [-0.25, -0.2) is 9.97 Å². The first-order valence-electron chi connectivity index (χ1n) is 7.59. The number of hydrogen-bond donors (Lipinski definition) is 1. The third kappa shape index (κ3) is 3.18. The minimum absolute atomic E-state index is 0.126. The molecule has 1 aromatic carbocycles. The van der Waals surface area contributed by atoms with E-state index in [-0.39, 0.29) is 6.04 Å². The lowest BCUT2D eigenvalue weighted by Crippen LogP contribution is -2.12. The number of benzene rings is 1. The molecule has 0 saturated carbocycles. The molecule has 3 nitrogen and oxygen atoms in total. The normalized spacial score (nSPS) is 15.9. The van der Waals surface area contributed by atoms with Crippen molar-refractivity contribution in [1.29, 1.82) is 0 Å². The van der Waals surface area contributed by atoms with Crippen molar-refractivity contribution in [3.63, 3.8) is 0 Å². The van der Waals surface area contributed by atoms with Crippen molar-refractivity contribution in [2.24, 2.45) is 0 Å². The van der Waals surface area contributed by atoms with Gasteiger partial charge in [-0.05, 0) is 44.2 Å². The van der Waals surface area contributed by atoms with Crippen molar-refractivity contribution in [2.45, 2.75) is 45.1 Å². The van der Waals surface area contributed by atoms with Crippen molar-refractivity contribution < 1.29 is 0 Å². The molecule has 1 atom stereocenters. The average molecular weight is 302 g/mol. The maximum absolute atomic E-state index is 6.28. The fourth-order valence-electron chi connectivity index (χ4n) is 2.93. The number of fused-ring (bicyclic) bond motifs is 1. The number of nitrogens with one attached hydrogen (secondary N) is 1. The molecule has 110 valence electrons. The van der Waals surface area contributed by atoms with Gasteiger partial charge in [0.2, 0.25) is 0 Å². The van der Waals surface area contributed by atoms with E-state index in [0.717, 1.165) is 29.2 Å². The molecule has 0 saturated heterocycles. The highest BCUT2D eigenvalue weighted by Gasteiger charge is 2.17. The Kier molecular flexibility index (Phi) is 4.39. The molecule has 0 bridgehead atoms. The third-order valence-electron chi connectivity index (χ3n) is 4.10. The largest absolute Gasteiger partial charge is 0.363 e. The van der Waals surface area contributed by atoms with Gasteiger partial charge in [0.15, 0.2) is 0 Å². The summed E-state index contributed by atoms with van der Waals surface area (Å²) in [6.07, 6.45) is 7.52. The topological polar surface area (TPSA) is 37.8 Å². The van der Waals surface area contributed by atoms with Gasteiger partial charge in [-0.2, -0.15) is 0 Å². The van der Waals surface area contributed by atoms with Gasteiger partial charge in [-0.3, -0.25) is 0 Å².